The second-order valence-corrected chi connectivity index (χ2v) is 3.66. The van der Waals surface area contributed by atoms with Crippen LogP contribution < -0.4 is 0 Å². The third-order valence-corrected chi connectivity index (χ3v) is 2.76. The van der Waals surface area contributed by atoms with Gasteiger partial charge in [-0.05, 0) is 30.5 Å². The predicted octanol–water partition coefficient (Wildman–Crippen LogP) is 2.58. The van der Waals surface area contributed by atoms with Gasteiger partial charge in [-0.15, -0.1) is 0 Å². The molecule has 0 aliphatic heterocycles. The molecule has 0 atom stereocenters. The van der Waals surface area contributed by atoms with Crippen LogP contribution >= 0.6 is 0 Å². The third kappa shape index (κ3) is 1.67. The van der Waals surface area contributed by atoms with Crippen molar-refractivity contribution < 1.29 is 9.53 Å². The molecule has 2 heteroatoms. The van der Waals surface area contributed by atoms with Crippen LogP contribution in [0.1, 0.15) is 25.0 Å². The number of ether oxygens (including phenoxy) is 1. The van der Waals surface area contributed by atoms with Crippen LogP contribution in [0.25, 0.3) is 5.57 Å². The van der Waals surface area contributed by atoms with Gasteiger partial charge in [0.05, 0.1) is 6.61 Å². The van der Waals surface area contributed by atoms with E-state index in [4.69, 9.17) is 4.74 Å². The van der Waals surface area contributed by atoms with Crippen LogP contribution in [0.4, 0.5) is 0 Å². The number of benzene rings is 1. The molecule has 0 saturated carbocycles. The Bertz CT molecular complexity index is 430. The lowest BCUT2D eigenvalue weighted by Gasteiger charge is -2.02. The Morgan fingerprint density at radius 2 is 2.13 bits per heavy atom. The summed E-state index contributed by atoms with van der Waals surface area (Å²) in [4.78, 5) is 11.6. The SMILES string of the molecule is CCOC(=O)C1=C(C)c2ccccc2C1. The van der Waals surface area contributed by atoms with E-state index in [1.807, 2.05) is 26.0 Å². The van der Waals surface area contributed by atoms with E-state index in [-0.39, 0.29) is 5.97 Å². The van der Waals surface area contributed by atoms with Crippen LogP contribution in [-0.4, -0.2) is 12.6 Å². The van der Waals surface area contributed by atoms with Crippen molar-refractivity contribution in [1.29, 1.82) is 0 Å². The molecule has 78 valence electrons. The first-order valence-electron chi connectivity index (χ1n) is 5.19. The minimum Gasteiger partial charge on any atom is -0.463 e. The summed E-state index contributed by atoms with van der Waals surface area (Å²) in [6.07, 6.45) is 0.709. The molecule has 2 nitrogen and oxygen atoms in total. The van der Waals surface area contributed by atoms with E-state index in [1.54, 1.807) is 0 Å². The monoisotopic (exact) mass is 202 g/mol. The summed E-state index contributed by atoms with van der Waals surface area (Å²) < 4.78 is 5.03. The zero-order valence-corrected chi connectivity index (χ0v) is 9.04. The summed E-state index contributed by atoms with van der Waals surface area (Å²) >= 11 is 0. The number of fused-ring (bicyclic) bond motifs is 1. The number of carbonyl (C=O) groups excluding carboxylic acids is 1. The molecule has 0 bridgehead atoms. The zero-order chi connectivity index (χ0) is 10.8. The van der Waals surface area contributed by atoms with E-state index in [0.717, 1.165) is 11.1 Å². The number of hydrogen-bond donors (Lipinski definition) is 0. The molecule has 0 radical (unpaired) electrons. The van der Waals surface area contributed by atoms with Gasteiger partial charge in [0.15, 0.2) is 0 Å². The molecule has 0 fully saturated rings. The van der Waals surface area contributed by atoms with Gasteiger partial charge in [0.25, 0.3) is 0 Å². The lowest BCUT2D eigenvalue weighted by Crippen LogP contribution is -2.08. The Balaban J connectivity index is 2.33. The van der Waals surface area contributed by atoms with Gasteiger partial charge in [0, 0.05) is 12.0 Å². The lowest BCUT2D eigenvalue weighted by molar-refractivity contribution is -0.138. The lowest BCUT2D eigenvalue weighted by atomic mass is 10.1. The minimum absolute atomic E-state index is 0.175. The van der Waals surface area contributed by atoms with Gasteiger partial charge >= 0.3 is 5.97 Å². The fraction of sp³-hybridized carbons (Fsp3) is 0.308. The molecular formula is C13H14O2. The van der Waals surface area contributed by atoms with Crippen LogP contribution in [0.2, 0.25) is 0 Å². The number of hydrogen-bond acceptors (Lipinski definition) is 2. The average molecular weight is 202 g/mol. The van der Waals surface area contributed by atoms with E-state index in [0.29, 0.717) is 13.0 Å². The molecule has 0 amide bonds. The van der Waals surface area contributed by atoms with E-state index < -0.39 is 0 Å². The van der Waals surface area contributed by atoms with Crippen molar-refractivity contribution in [3.05, 3.63) is 41.0 Å². The molecule has 1 aromatic carbocycles. The summed E-state index contributed by atoms with van der Waals surface area (Å²) in [6, 6.07) is 8.11. The molecular weight excluding hydrogens is 188 g/mol. The quantitative estimate of drug-likeness (QED) is 0.689. The summed E-state index contributed by atoms with van der Waals surface area (Å²) in [5.74, 6) is -0.175. The molecule has 15 heavy (non-hydrogen) atoms. The highest BCUT2D eigenvalue weighted by Crippen LogP contribution is 2.32. The van der Waals surface area contributed by atoms with E-state index >= 15 is 0 Å². The van der Waals surface area contributed by atoms with E-state index in [9.17, 15) is 4.79 Å². The maximum Gasteiger partial charge on any atom is 0.334 e. The van der Waals surface area contributed by atoms with E-state index in [1.165, 1.54) is 11.1 Å². The van der Waals surface area contributed by atoms with Crippen molar-refractivity contribution in [2.45, 2.75) is 20.3 Å². The molecule has 0 spiro atoms. The second kappa shape index (κ2) is 3.89. The number of carbonyl (C=O) groups is 1. The summed E-state index contributed by atoms with van der Waals surface area (Å²) in [6.45, 7) is 4.25. The Morgan fingerprint density at radius 1 is 1.40 bits per heavy atom. The maximum atomic E-state index is 11.6. The highest BCUT2D eigenvalue weighted by atomic mass is 16.5. The third-order valence-electron chi connectivity index (χ3n) is 2.76. The Kier molecular flexibility index (Phi) is 2.58. The summed E-state index contributed by atoms with van der Waals surface area (Å²) in [5, 5.41) is 0. The first-order chi connectivity index (χ1) is 7.24. The molecule has 1 aliphatic rings. The highest BCUT2D eigenvalue weighted by molar-refractivity contribution is 6.00. The van der Waals surface area contributed by atoms with E-state index in [2.05, 4.69) is 12.1 Å². The molecule has 1 aliphatic carbocycles. The average Bonchev–Trinajstić information content (AvgIpc) is 2.57. The van der Waals surface area contributed by atoms with Crippen LogP contribution in [0.3, 0.4) is 0 Å². The predicted molar refractivity (Wildman–Crippen MR) is 59.4 cm³/mol. The number of allylic oxidation sites excluding steroid dienone is 1. The topological polar surface area (TPSA) is 26.3 Å². The highest BCUT2D eigenvalue weighted by Gasteiger charge is 2.23. The summed E-state index contributed by atoms with van der Waals surface area (Å²) in [5.41, 5.74) is 4.26. The Morgan fingerprint density at radius 3 is 2.80 bits per heavy atom. The molecule has 0 aromatic heterocycles. The van der Waals surface area contributed by atoms with Crippen molar-refractivity contribution in [2.24, 2.45) is 0 Å². The van der Waals surface area contributed by atoms with Crippen LogP contribution in [0.15, 0.2) is 29.8 Å². The van der Waals surface area contributed by atoms with Gasteiger partial charge in [-0.3, -0.25) is 0 Å². The van der Waals surface area contributed by atoms with Crippen molar-refractivity contribution in [1.82, 2.24) is 0 Å². The van der Waals surface area contributed by atoms with Gasteiger partial charge < -0.3 is 4.74 Å². The standard InChI is InChI=1S/C13H14O2/c1-3-15-13(14)12-8-10-6-4-5-7-11(10)9(12)2/h4-7H,3,8H2,1-2H3. The van der Waals surface area contributed by atoms with Crippen molar-refractivity contribution in [2.75, 3.05) is 6.61 Å². The first kappa shape index (κ1) is 9.97. The molecule has 0 saturated heterocycles. The smallest absolute Gasteiger partial charge is 0.334 e. The van der Waals surface area contributed by atoms with Crippen molar-refractivity contribution in [3.8, 4) is 0 Å². The van der Waals surface area contributed by atoms with Crippen molar-refractivity contribution >= 4 is 11.5 Å². The van der Waals surface area contributed by atoms with Gasteiger partial charge in [-0.1, -0.05) is 24.3 Å². The normalized spacial score (nSPS) is 14.0. The minimum atomic E-state index is -0.175. The number of rotatable bonds is 2. The number of esters is 1. The Labute approximate surface area is 89.6 Å². The van der Waals surface area contributed by atoms with Crippen LogP contribution in [0.5, 0.6) is 0 Å². The molecule has 0 unspecified atom stereocenters. The first-order valence-corrected chi connectivity index (χ1v) is 5.19. The summed E-state index contributed by atoms with van der Waals surface area (Å²) in [7, 11) is 0. The van der Waals surface area contributed by atoms with Gasteiger partial charge in [0.1, 0.15) is 0 Å². The largest absolute Gasteiger partial charge is 0.463 e. The van der Waals surface area contributed by atoms with Crippen molar-refractivity contribution in [3.63, 3.8) is 0 Å². The van der Waals surface area contributed by atoms with Crippen LogP contribution in [-0.2, 0) is 16.0 Å². The maximum absolute atomic E-state index is 11.6. The van der Waals surface area contributed by atoms with Crippen LogP contribution in [0, 0.1) is 0 Å². The molecule has 2 rings (SSSR count). The molecule has 1 aromatic rings. The molecule has 0 N–H and O–H groups in total. The fourth-order valence-corrected chi connectivity index (χ4v) is 1.97. The van der Waals surface area contributed by atoms with Gasteiger partial charge in [-0.2, -0.15) is 0 Å². The van der Waals surface area contributed by atoms with Gasteiger partial charge in [-0.25, -0.2) is 4.79 Å². The Hall–Kier alpha value is -1.57. The van der Waals surface area contributed by atoms with Gasteiger partial charge in [0.2, 0.25) is 0 Å². The molecule has 0 heterocycles. The second-order valence-electron chi connectivity index (χ2n) is 3.66. The zero-order valence-electron chi connectivity index (χ0n) is 9.04. The fourth-order valence-electron chi connectivity index (χ4n) is 1.97.